The van der Waals surface area contributed by atoms with Crippen molar-refractivity contribution in [3.8, 4) is 0 Å². The minimum atomic E-state index is 0.198. The third kappa shape index (κ3) is 3.84. The highest BCUT2D eigenvalue weighted by Gasteiger charge is 2.17. The number of hydrogen-bond donors (Lipinski definition) is 3. The van der Waals surface area contributed by atoms with Gasteiger partial charge in [-0.15, -0.1) is 0 Å². The first-order valence-electron chi connectivity index (χ1n) is 6.72. The number of hydrogen-bond acceptors (Lipinski definition) is 5. The highest BCUT2D eigenvalue weighted by molar-refractivity contribution is 5.47. The van der Waals surface area contributed by atoms with Crippen LogP contribution in [-0.4, -0.2) is 34.8 Å². The van der Waals surface area contributed by atoms with Crippen molar-refractivity contribution in [2.75, 3.05) is 30.3 Å². The first kappa shape index (κ1) is 13.1. The van der Waals surface area contributed by atoms with Crippen molar-refractivity contribution in [3.05, 3.63) is 11.9 Å². The molecule has 0 radical (unpaired) electrons. The molecule has 1 aliphatic rings. The van der Waals surface area contributed by atoms with Gasteiger partial charge in [-0.2, -0.15) is 0 Å². The van der Waals surface area contributed by atoms with Gasteiger partial charge in [-0.1, -0.05) is 6.42 Å². The van der Waals surface area contributed by atoms with Crippen molar-refractivity contribution in [1.82, 2.24) is 9.97 Å². The second kappa shape index (κ2) is 6.54. The van der Waals surface area contributed by atoms with Crippen LogP contribution in [0.25, 0.3) is 0 Å². The van der Waals surface area contributed by atoms with E-state index in [1.54, 1.807) is 0 Å². The summed E-state index contributed by atoms with van der Waals surface area (Å²) in [7, 11) is 0. The Kier molecular flexibility index (Phi) is 4.75. The molecule has 1 heterocycles. The molecule has 0 unspecified atom stereocenters. The third-order valence-electron chi connectivity index (χ3n) is 3.28. The summed E-state index contributed by atoms with van der Waals surface area (Å²) in [5.74, 6) is 3.29. The molecule has 5 nitrogen and oxygen atoms in total. The molecule has 0 aromatic carbocycles. The van der Waals surface area contributed by atoms with Crippen LogP contribution in [-0.2, 0) is 0 Å². The monoisotopic (exact) mass is 250 g/mol. The number of aryl methyl sites for hydroxylation is 1. The molecule has 0 aliphatic heterocycles. The van der Waals surface area contributed by atoms with Crippen LogP contribution < -0.4 is 10.6 Å². The first-order valence-corrected chi connectivity index (χ1v) is 6.72. The number of aliphatic hydroxyl groups excluding tert-OH is 1. The molecule has 2 rings (SSSR count). The van der Waals surface area contributed by atoms with E-state index in [0.29, 0.717) is 0 Å². The minimum absolute atomic E-state index is 0.198. The SMILES string of the molecule is Cc1nc(NCCCO)cc(NCC2CCC2)n1. The van der Waals surface area contributed by atoms with Gasteiger partial charge < -0.3 is 15.7 Å². The van der Waals surface area contributed by atoms with Gasteiger partial charge >= 0.3 is 0 Å². The van der Waals surface area contributed by atoms with Gasteiger partial charge in [-0.25, -0.2) is 9.97 Å². The Hall–Kier alpha value is -1.36. The van der Waals surface area contributed by atoms with Crippen LogP contribution in [0.5, 0.6) is 0 Å². The predicted octanol–water partition coefficient (Wildman–Crippen LogP) is 1.79. The molecule has 1 aromatic rings. The van der Waals surface area contributed by atoms with E-state index in [1.807, 2.05) is 13.0 Å². The quantitative estimate of drug-likeness (QED) is 0.644. The maximum atomic E-state index is 8.75. The van der Waals surface area contributed by atoms with Gasteiger partial charge in [0.2, 0.25) is 0 Å². The van der Waals surface area contributed by atoms with Crippen molar-refractivity contribution in [1.29, 1.82) is 0 Å². The lowest BCUT2D eigenvalue weighted by molar-refractivity contribution is 0.292. The Morgan fingerprint density at radius 2 is 2.00 bits per heavy atom. The van der Waals surface area contributed by atoms with Gasteiger partial charge in [0.15, 0.2) is 0 Å². The fraction of sp³-hybridized carbons (Fsp3) is 0.692. The molecule has 0 spiro atoms. The van der Waals surface area contributed by atoms with Crippen molar-refractivity contribution in [2.24, 2.45) is 5.92 Å². The van der Waals surface area contributed by atoms with Gasteiger partial charge in [-0.3, -0.25) is 0 Å². The molecule has 0 bridgehead atoms. The molecule has 3 N–H and O–H groups in total. The van der Waals surface area contributed by atoms with Gasteiger partial charge in [0.25, 0.3) is 0 Å². The molecule has 100 valence electrons. The molecule has 0 atom stereocenters. The topological polar surface area (TPSA) is 70.1 Å². The average Bonchev–Trinajstić information content (AvgIpc) is 2.26. The van der Waals surface area contributed by atoms with E-state index in [1.165, 1.54) is 19.3 Å². The summed E-state index contributed by atoms with van der Waals surface area (Å²) in [6.07, 6.45) is 4.76. The zero-order valence-electron chi connectivity index (χ0n) is 10.9. The molecule has 1 fully saturated rings. The maximum absolute atomic E-state index is 8.75. The van der Waals surface area contributed by atoms with Gasteiger partial charge in [0.05, 0.1) is 0 Å². The van der Waals surface area contributed by atoms with Crippen LogP contribution in [0.2, 0.25) is 0 Å². The number of nitrogens with one attached hydrogen (secondary N) is 2. The van der Waals surface area contributed by atoms with Gasteiger partial charge in [0.1, 0.15) is 17.5 Å². The molecule has 0 amide bonds. The summed E-state index contributed by atoms with van der Waals surface area (Å²) < 4.78 is 0. The van der Waals surface area contributed by atoms with E-state index in [2.05, 4.69) is 20.6 Å². The van der Waals surface area contributed by atoms with Crippen LogP contribution in [0.4, 0.5) is 11.6 Å². The molecular formula is C13H22N4O. The fourth-order valence-electron chi connectivity index (χ4n) is 1.99. The molecule has 0 saturated heterocycles. The van der Waals surface area contributed by atoms with Crippen LogP contribution in [0.3, 0.4) is 0 Å². The number of rotatable bonds is 7. The van der Waals surface area contributed by atoms with Gasteiger partial charge in [0, 0.05) is 25.8 Å². The Morgan fingerprint density at radius 1 is 1.28 bits per heavy atom. The summed E-state index contributed by atoms with van der Waals surface area (Å²) in [6, 6.07) is 1.93. The normalized spacial score (nSPS) is 15.2. The average molecular weight is 250 g/mol. The van der Waals surface area contributed by atoms with E-state index in [9.17, 15) is 0 Å². The highest BCUT2D eigenvalue weighted by atomic mass is 16.3. The number of nitrogens with zero attached hydrogens (tertiary/aromatic N) is 2. The smallest absolute Gasteiger partial charge is 0.131 e. The summed E-state index contributed by atoms with van der Waals surface area (Å²) >= 11 is 0. The molecule has 1 aromatic heterocycles. The number of anilines is 2. The zero-order chi connectivity index (χ0) is 12.8. The van der Waals surface area contributed by atoms with Crippen molar-refractivity contribution in [3.63, 3.8) is 0 Å². The van der Waals surface area contributed by atoms with E-state index in [0.717, 1.165) is 42.9 Å². The standard InChI is InChI=1S/C13H22N4O/c1-10-16-12(14-6-3-7-18)8-13(17-10)15-9-11-4-2-5-11/h8,11,18H,2-7,9H2,1H3,(H2,14,15,16,17). The molecule has 5 heteroatoms. The summed E-state index contributed by atoms with van der Waals surface area (Å²) in [5.41, 5.74) is 0. The fourth-order valence-corrected chi connectivity index (χ4v) is 1.99. The summed E-state index contributed by atoms with van der Waals surface area (Å²) in [4.78, 5) is 8.70. The predicted molar refractivity (Wildman–Crippen MR) is 72.8 cm³/mol. The Bertz CT molecular complexity index is 379. The Balaban J connectivity index is 1.87. The van der Waals surface area contributed by atoms with E-state index < -0.39 is 0 Å². The second-order valence-corrected chi connectivity index (χ2v) is 4.87. The number of aromatic nitrogens is 2. The third-order valence-corrected chi connectivity index (χ3v) is 3.28. The van der Waals surface area contributed by atoms with Crippen molar-refractivity contribution in [2.45, 2.75) is 32.6 Å². The highest BCUT2D eigenvalue weighted by Crippen LogP contribution is 2.26. The Labute approximate surface area is 108 Å². The summed E-state index contributed by atoms with van der Waals surface area (Å²) in [5, 5.41) is 15.3. The lowest BCUT2D eigenvalue weighted by atomic mass is 9.85. The lowest BCUT2D eigenvalue weighted by Crippen LogP contribution is -2.21. The molecule has 1 saturated carbocycles. The maximum Gasteiger partial charge on any atom is 0.131 e. The van der Waals surface area contributed by atoms with Crippen LogP contribution in [0, 0.1) is 12.8 Å². The van der Waals surface area contributed by atoms with Gasteiger partial charge in [-0.05, 0) is 32.1 Å². The van der Waals surface area contributed by atoms with Crippen LogP contribution in [0.15, 0.2) is 6.07 Å². The molecule has 1 aliphatic carbocycles. The minimum Gasteiger partial charge on any atom is -0.396 e. The molecule has 18 heavy (non-hydrogen) atoms. The largest absolute Gasteiger partial charge is 0.396 e. The van der Waals surface area contributed by atoms with Crippen molar-refractivity contribution >= 4 is 11.6 Å². The van der Waals surface area contributed by atoms with E-state index in [4.69, 9.17) is 5.11 Å². The first-order chi connectivity index (χ1) is 8.78. The lowest BCUT2D eigenvalue weighted by Gasteiger charge is -2.25. The Morgan fingerprint density at radius 3 is 2.61 bits per heavy atom. The van der Waals surface area contributed by atoms with E-state index >= 15 is 0 Å². The second-order valence-electron chi connectivity index (χ2n) is 4.87. The molecular weight excluding hydrogens is 228 g/mol. The zero-order valence-corrected chi connectivity index (χ0v) is 10.9. The van der Waals surface area contributed by atoms with Crippen LogP contribution in [0.1, 0.15) is 31.5 Å². The number of aliphatic hydroxyl groups is 1. The summed E-state index contributed by atoms with van der Waals surface area (Å²) in [6.45, 7) is 3.83. The van der Waals surface area contributed by atoms with E-state index in [-0.39, 0.29) is 6.61 Å². The van der Waals surface area contributed by atoms with Crippen molar-refractivity contribution < 1.29 is 5.11 Å². The van der Waals surface area contributed by atoms with Crippen LogP contribution >= 0.6 is 0 Å².